The SMILES string of the molecule is CC(C)C(O)C1CC2OC1C(C)C2C. The van der Waals surface area contributed by atoms with Crippen LogP contribution in [-0.4, -0.2) is 23.4 Å². The Morgan fingerprint density at radius 1 is 1.21 bits per heavy atom. The third-order valence-electron chi connectivity index (χ3n) is 4.31. The van der Waals surface area contributed by atoms with Gasteiger partial charge < -0.3 is 9.84 Å². The van der Waals surface area contributed by atoms with Crippen LogP contribution in [0.15, 0.2) is 0 Å². The minimum Gasteiger partial charge on any atom is -0.392 e. The predicted octanol–water partition coefficient (Wildman–Crippen LogP) is 2.06. The van der Waals surface area contributed by atoms with Crippen LogP contribution in [0.25, 0.3) is 0 Å². The number of fused-ring (bicyclic) bond motifs is 2. The van der Waals surface area contributed by atoms with Gasteiger partial charge in [-0.3, -0.25) is 0 Å². The lowest BCUT2D eigenvalue weighted by Crippen LogP contribution is -2.39. The Morgan fingerprint density at radius 3 is 2.29 bits per heavy atom. The zero-order chi connectivity index (χ0) is 10.5. The number of hydrogen-bond acceptors (Lipinski definition) is 2. The first-order valence-electron chi connectivity index (χ1n) is 5.86. The van der Waals surface area contributed by atoms with Crippen molar-refractivity contribution >= 4 is 0 Å². The molecule has 14 heavy (non-hydrogen) atoms. The number of rotatable bonds is 2. The van der Waals surface area contributed by atoms with E-state index < -0.39 is 0 Å². The normalized spacial score (nSPS) is 48.9. The molecule has 2 saturated heterocycles. The minimum atomic E-state index is -0.181. The Kier molecular flexibility index (Phi) is 2.61. The fourth-order valence-electron chi connectivity index (χ4n) is 3.08. The van der Waals surface area contributed by atoms with E-state index in [-0.39, 0.29) is 6.10 Å². The highest BCUT2D eigenvalue weighted by atomic mass is 16.5. The van der Waals surface area contributed by atoms with Crippen LogP contribution in [0.1, 0.15) is 34.1 Å². The van der Waals surface area contributed by atoms with E-state index in [2.05, 4.69) is 27.7 Å². The van der Waals surface area contributed by atoms with Crippen LogP contribution in [0.4, 0.5) is 0 Å². The highest BCUT2D eigenvalue weighted by Gasteiger charge is 2.52. The maximum atomic E-state index is 10.1. The smallest absolute Gasteiger partial charge is 0.0661 e. The Morgan fingerprint density at radius 2 is 1.86 bits per heavy atom. The van der Waals surface area contributed by atoms with E-state index in [0.29, 0.717) is 35.9 Å². The van der Waals surface area contributed by atoms with Crippen molar-refractivity contribution in [1.29, 1.82) is 0 Å². The highest BCUT2D eigenvalue weighted by Crippen LogP contribution is 2.48. The Bertz CT molecular complexity index is 212. The summed E-state index contributed by atoms with van der Waals surface area (Å²) in [6, 6.07) is 0. The molecule has 0 spiro atoms. The molecular formula is C12H22O2. The van der Waals surface area contributed by atoms with Gasteiger partial charge in [-0.15, -0.1) is 0 Å². The number of aliphatic hydroxyl groups is 1. The Hall–Kier alpha value is -0.0800. The van der Waals surface area contributed by atoms with Gasteiger partial charge in [-0.1, -0.05) is 27.7 Å². The number of ether oxygens (including phenoxy) is 1. The summed E-state index contributed by atoms with van der Waals surface area (Å²) >= 11 is 0. The third-order valence-corrected chi connectivity index (χ3v) is 4.31. The summed E-state index contributed by atoms with van der Waals surface area (Å²) in [5.41, 5.74) is 0. The second-order valence-electron chi connectivity index (χ2n) is 5.49. The molecule has 1 N–H and O–H groups in total. The van der Waals surface area contributed by atoms with Crippen molar-refractivity contribution in [1.82, 2.24) is 0 Å². The van der Waals surface area contributed by atoms with E-state index >= 15 is 0 Å². The van der Waals surface area contributed by atoms with Gasteiger partial charge in [0.1, 0.15) is 0 Å². The van der Waals surface area contributed by atoms with Gasteiger partial charge in [0.2, 0.25) is 0 Å². The zero-order valence-corrected chi connectivity index (χ0v) is 9.60. The molecular weight excluding hydrogens is 176 g/mol. The average molecular weight is 198 g/mol. The molecule has 0 aromatic rings. The van der Waals surface area contributed by atoms with Crippen LogP contribution in [-0.2, 0) is 4.74 Å². The number of hydrogen-bond donors (Lipinski definition) is 1. The van der Waals surface area contributed by atoms with E-state index in [9.17, 15) is 5.11 Å². The monoisotopic (exact) mass is 198 g/mol. The van der Waals surface area contributed by atoms with Crippen molar-refractivity contribution in [2.45, 2.75) is 52.4 Å². The molecule has 2 heterocycles. The van der Waals surface area contributed by atoms with Crippen molar-refractivity contribution in [2.24, 2.45) is 23.7 Å². The quantitative estimate of drug-likeness (QED) is 0.736. The average Bonchev–Trinajstić information content (AvgIpc) is 2.66. The molecule has 0 amide bonds. The Labute approximate surface area is 86.6 Å². The molecule has 0 aromatic heterocycles. The summed E-state index contributed by atoms with van der Waals surface area (Å²) in [5.74, 6) is 2.03. The van der Waals surface area contributed by atoms with Gasteiger partial charge >= 0.3 is 0 Å². The topological polar surface area (TPSA) is 29.5 Å². The van der Waals surface area contributed by atoms with Crippen LogP contribution < -0.4 is 0 Å². The van der Waals surface area contributed by atoms with E-state index in [1.165, 1.54) is 0 Å². The third kappa shape index (κ3) is 1.40. The number of aliphatic hydroxyl groups excluding tert-OH is 1. The van der Waals surface area contributed by atoms with Crippen LogP contribution in [0, 0.1) is 23.7 Å². The molecule has 2 nitrogen and oxygen atoms in total. The first-order valence-corrected chi connectivity index (χ1v) is 5.86. The second-order valence-corrected chi connectivity index (χ2v) is 5.49. The maximum absolute atomic E-state index is 10.1. The molecule has 0 aromatic carbocycles. The minimum absolute atomic E-state index is 0.181. The predicted molar refractivity (Wildman–Crippen MR) is 55.9 cm³/mol. The highest BCUT2D eigenvalue weighted by molar-refractivity contribution is 5.00. The maximum Gasteiger partial charge on any atom is 0.0661 e. The summed E-state index contributed by atoms with van der Waals surface area (Å²) in [6.45, 7) is 8.71. The molecule has 0 aliphatic carbocycles. The lowest BCUT2D eigenvalue weighted by molar-refractivity contribution is 0.00565. The summed E-state index contributed by atoms with van der Waals surface area (Å²) in [6.07, 6.45) is 1.61. The first-order chi connectivity index (χ1) is 6.52. The molecule has 0 radical (unpaired) electrons. The van der Waals surface area contributed by atoms with Crippen molar-refractivity contribution < 1.29 is 9.84 Å². The standard InChI is InChI=1S/C12H22O2/c1-6(2)11(13)9-5-10-7(3)8(4)12(9)14-10/h6-13H,5H2,1-4H3. The second kappa shape index (κ2) is 3.49. The fraction of sp³-hybridized carbons (Fsp3) is 1.00. The summed E-state index contributed by atoms with van der Waals surface area (Å²) in [4.78, 5) is 0. The lowest BCUT2D eigenvalue weighted by Gasteiger charge is -2.32. The largest absolute Gasteiger partial charge is 0.392 e. The molecule has 6 atom stereocenters. The van der Waals surface area contributed by atoms with Gasteiger partial charge in [0, 0.05) is 5.92 Å². The van der Waals surface area contributed by atoms with Gasteiger partial charge in [-0.2, -0.15) is 0 Å². The summed E-state index contributed by atoms with van der Waals surface area (Å²) in [7, 11) is 0. The molecule has 82 valence electrons. The van der Waals surface area contributed by atoms with Crippen molar-refractivity contribution in [2.75, 3.05) is 0 Å². The van der Waals surface area contributed by atoms with Gasteiger partial charge in [0.05, 0.1) is 18.3 Å². The van der Waals surface area contributed by atoms with Crippen LogP contribution in [0.5, 0.6) is 0 Å². The molecule has 2 aliphatic rings. The summed E-state index contributed by atoms with van der Waals surface area (Å²) in [5, 5.41) is 10.1. The van der Waals surface area contributed by atoms with Gasteiger partial charge in [-0.05, 0) is 24.2 Å². The van der Waals surface area contributed by atoms with Crippen LogP contribution >= 0.6 is 0 Å². The van der Waals surface area contributed by atoms with E-state index in [4.69, 9.17) is 4.74 Å². The molecule has 2 rings (SSSR count). The van der Waals surface area contributed by atoms with Gasteiger partial charge in [0.15, 0.2) is 0 Å². The molecule has 0 saturated carbocycles. The zero-order valence-electron chi connectivity index (χ0n) is 9.60. The van der Waals surface area contributed by atoms with E-state index in [0.717, 1.165) is 6.42 Å². The van der Waals surface area contributed by atoms with Crippen LogP contribution in [0.3, 0.4) is 0 Å². The Balaban J connectivity index is 2.06. The summed E-state index contributed by atoms with van der Waals surface area (Å²) < 4.78 is 5.92. The van der Waals surface area contributed by atoms with Gasteiger partial charge in [-0.25, -0.2) is 0 Å². The van der Waals surface area contributed by atoms with Crippen molar-refractivity contribution in [3.05, 3.63) is 0 Å². The lowest BCUT2D eigenvalue weighted by atomic mass is 9.72. The molecule has 2 bridgehead atoms. The first kappa shape index (κ1) is 10.4. The van der Waals surface area contributed by atoms with Crippen molar-refractivity contribution in [3.63, 3.8) is 0 Å². The fourth-order valence-corrected chi connectivity index (χ4v) is 3.08. The molecule has 2 heteroatoms. The van der Waals surface area contributed by atoms with Gasteiger partial charge in [0.25, 0.3) is 0 Å². The molecule has 6 unspecified atom stereocenters. The van der Waals surface area contributed by atoms with Crippen molar-refractivity contribution in [3.8, 4) is 0 Å². The molecule has 2 aliphatic heterocycles. The van der Waals surface area contributed by atoms with Crippen LogP contribution in [0.2, 0.25) is 0 Å². The molecule has 2 fully saturated rings. The van der Waals surface area contributed by atoms with E-state index in [1.807, 2.05) is 0 Å². The van der Waals surface area contributed by atoms with E-state index in [1.54, 1.807) is 0 Å².